The second-order valence-corrected chi connectivity index (χ2v) is 2.94. The molecule has 0 atom stereocenters. The zero-order valence-electron chi connectivity index (χ0n) is 6.57. The molecule has 0 unspecified atom stereocenters. The lowest BCUT2D eigenvalue weighted by molar-refractivity contribution is 0.471. The van der Waals surface area contributed by atoms with E-state index in [9.17, 15) is 5.11 Å². The maximum Gasteiger partial charge on any atom is 0.156 e. The average Bonchev–Trinajstić information content (AvgIpc) is 2.56. The van der Waals surface area contributed by atoms with Gasteiger partial charge in [-0.2, -0.15) is 0 Å². The summed E-state index contributed by atoms with van der Waals surface area (Å²) in [6, 6.07) is 4.87. The van der Waals surface area contributed by atoms with Crippen LogP contribution in [0, 0.1) is 0 Å². The molecule has 13 heavy (non-hydrogen) atoms. The number of nitrogens with zero attached hydrogens (tertiary/aromatic N) is 1. The number of hydrogen-bond acceptors (Lipinski definition) is 3. The Hall–Kier alpha value is -1.48. The van der Waals surface area contributed by atoms with Crippen LogP contribution in [0.1, 0.15) is 0 Å². The van der Waals surface area contributed by atoms with Crippen LogP contribution in [0.25, 0.3) is 11.5 Å². The molecule has 0 aromatic carbocycles. The Morgan fingerprint density at radius 1 is 1.46 bits per heavy atom. The summed E-state index contributed by atoms with van der Waals surface area (Å²) in [5.41, 5.74) is 0.398. The van der Waals surface area contributed by atoms with E-state index in [4.69, 9.17) is 16.0 Å². The Bertz CT molecular complexity index is 412. The monoisotopic (exact) mass is 195 g/mol. The highest BCUT2D eigenvalue weighted by Gasteiger charge is 2.08. The van der Waals surface area contributed by atoms with Gasteiger partial charge < -0.3 is 9.52 Å². The van der Waals surface area contributed by atoms with Crippen molar-refractivity contribution >= 4 is 11.6 Å². The number of halogens is 1. The summed E-state index contributed by atoms with van der Waals surface area (Å²) in [5, 5.41) is 9.85. The topological polar surface area (TPSA) is 46.3 Å². The third-order valence-electron chi connectivity index (χ3n) is 1.59. The normalized spacial score (nSPS) is 10.2. The fraction of sp³-hybridized carbons (Fsp3) is 0. The lowest BCUT2D eigenvalue weighted by Crippen LogP contribution is -1.81. The minimum absolute atomic E-state index is 0.0162. The summed E-state index contributed by atoms with van der Waals surface area (Å²) >= 11 is 5.63. The van der Waals surface area contributed by atoms with E-state index in [1.54, 1.807) is 12.1 Å². The van der Waals surface area contributed by atoms with E-state index < -0.39 is 0 Å². The van der Waals surface area contributed by atoms with Crippen LogP contribution in [0.5, 0.6) is 5.75 Å². The van der Waals surface area contributed by atoms with Gasteiger partial charge in [0.15, 0.2) is 5.76 Å². The van der Waals surface area contributed by atoms with Crippen LogP contribution >= 0.6 is 11.6 Å². The second-order valence-electron chi connectivity index (χ2n) is 2.50. The van der Waals surface area contributed by atoms with Crippen molar-refractivity contribution in [3.63, 3.8) is 0 Å². The van der Waals surface area contributed by atoms with Gasteiger partial charge in [0.2, 0.25) is 0 Å². The third-order valence-corrected chi connectivity index (χ3v) is 1.80. The van der Waals surface area contributed by atoms with E-state index >= 15 is 0 Å². The highest BCUT2D eigenvalue weighted by molar-refractivity contribution is 6.30. The molecule has 4 heteroatoms. The van der Waals surface area contributed by atoms with Gasteiger partial charge >= 0.3 is 0 Å². The summed E-state index contributed by atoms with van der Waals surface area (Å²) < 4.78 is 5.07. The predicted molar refractivity (Wildman–Crippen MR) is 48.6 cm³/mol. The number of rotatable bonds is 1. The Balaban J connectivity index is 2.53. The Morgan fingerprint density at radius 2 is 2.31 bits per heavy atom. The van der Waals surface area contributed by atoms with Crippen molar-refractivity contribution in [3.05, 3.63) is 35.7 Å². The standard InChI is InChI=1S/C9H6ClNO2/c10-6-4-7(12)9(11-5-6)8-2-1-3-13-8/h1-5,12H. The molecule has 2 heterocycles. The molecule has 0 aliphatic carbocycles. The van der Waals surface area contributed by atoms with Crippen molar-refractivity contribution in [1.29, 1.82) is 0 Å². The molecule has 0 saturated heterocycles. The lowest BCUT2D eigenvalue weighted by atomic mass is 10.2. The lowest BCUT2D eigenvalue weighted by Gasteiger charge is -1.99. The van der Waals surface area contributed by atoms with Crippen molar-refractivity contribution in [3.8, 4) is 17.2 Å². The fourth-order valence-electron chi connectivity index (χ4n) is 1.03. The van der Waals surface area contributed by atoms with Gasteiger partial charge in [0.25, 0.3) is 0 Å². The maximum atomic E-state index is 9.46. The van der Waals surface area contributed by atoms with Gasteiger partial charge in [-0.1, -0.05) is 11.6 Å². The second kappa shape index (κ2) is 3.11. The molecule has 0 saturated carbocycles. The predicted octanol–water partition coefficient (Wildman–Crippen LogP) is 2.70. The molecule has 0 radical (unpaired) electrons. The number of aromatic hydroxyl groups is 1. The summed E-state index contributed by atoms with van der Waals surface area (Å²) in [7, 11) is 0. The molecule has 2 aromatic rings. The van der Waals surface area contributed by atoms with E-state index in [-0.39, 0.29) is 5.75 Å². The molecular formula is C9H6ClNO2. The Morgan fingerprint density at radius 3 is 2.92 bits per heavy atom. The van der Waals surface area contributed by atoms with Gasteiger partial charge in [0.05, 0.1) is 11.3 Å². The molecule has 0 fully saturated rings. The molecule has 2 aromatic heterocycles. The van der Waals surface area contributed by atoms with Gasteiger partial charge in [-0.05, 0) is 12.1 Å². The first kappa shape index (κ1) is 8.13. The van der Waals surface area contributed by atoms with Crippen molar-refractivity contribution in [1.82, 2.24) is 4.98 Å². The van der Waals surface area contributed by atoms with Gasteiger partial charge in [-0.15, -0.1) is 0 Å². The SMILES string of the molecule is Oc1cc(Cl)cnc1-c1ccco1. The fourth-order valence-corrected chi connectivity index (χ4v) is 1.18. The molecule has 0 amide bonds. The van der Waals surface area contributed by atoms with Crippen LogP contribution in [0.3, 0.4) is 0 Å². The zero-order chi connectivity index (χ0) is 9.26. The van der Waals surface area contributed by atoms with Crippen molar-refractivity contribution in [2.24, 2.45) is 0 Å². The zero-order valence-corrected chi connectivity index (χ0v) is 7.32. The Kier molecular flexibility index (Phi) is 1.94. The largest absolute Gasteiger partial charge is 0.505 e. The summed E-state index contributed by atoms with van der Waals surface area (Å²) in [5.74, 6) is 0.539. The van der Waals surface area contributed by atoms with E-state index in [0.717, 1.165) is 0 Å². The maximum absolute atomic E-state index is 9.46. The third kappa shape index (κ3) is 1.51. The van der Waals surface area contributed by atoms with Crippen LogP contribution in [0.2, 0.25) is 5.02 Å². The number of aromatic nitrogens is 1. The van der Waals surface area contributed by atoms with Crippen LogP contribution in [-0.2, 0) is 0 Å². The van der Waals surface area contributed by atoms with Crippen LogP contribution in [0.4, 0.5) is 0 Å². The number of pyridine rings is 1. The summed E-state index contributed by atoms with van der Waals surface area (Å²) in [6.45, 7) is 0. The number of furan rings is 1. The van der Waals surface area contributed by atoms with Gasteiger partial charge in [-0.3, -0.25) is 0 Å². The summed E-state index contributed by atoms with van der Waals surface area (Å²) in [4.78, 5) is 3.94. The van der Waals surface area contributed by atoms with Crippen molar-refractivity contribution in [2.45, 2.75) is 0 Å². The molecule has 3 nitrogen and oxygen atoms in total. The van der Waals surface area contributed by atoms with Crippen molar-refractivity contribution in [2.75, 3.05) is 0 Å². The molecule has 66 valence electrons. The molecule has 0 aliphatic rings. The average molecular weight is 196 g/mol. The number of hydrogen-bond donors (Lipinski definition) is 1. The van der Waals surface area contributed by atoms with Crippen molar-refractivity contribution < 1.29 is 9.52 Å². The minimum Gasteiger partial charge on any atom is -0.505 e. The van der Waals surface area contributed by atoms with Crippen LogP contribution in [-0.4, -0.2) is 10.1 Å². The molecule has 2 rings (SSSR count). The van der Waals surface area contributed by atoms with Gasteiger partial charge in [0.1, 0.15) is 11.4 Å². The van der Waals surface area contributed by atoms with E-state index in [1.165, 1.54) is 18.5 Å². The molecule has 1 N–H and O–H groups in total. The van der Waals surface area contributed by atoms with Gasteiger partial charge in [-0.25, -0.2) is 4.98 Å². The van der Waals surface area contributed by atoms with Crippen LogP contribution < -0.4 is 0 Å². The minimum atomic E-state index is 0.0162. The highest BCUT2D eigenvalue weighted by Crippen LogP contribution is 2.28. The highest BCUT2D eigenvalue weighted by atomic mass is 35.5. The summed E-state index contributed by atoms with van der Waals surface area (Å²) in [6.07, 6.45) is 2.98. The Labute approximate surface area is 79.6 Å². The smallest absolute Gasteiger partial charge is 0.156 e. The molecule has 0 bridgehead atoms. The van der Waals surface area contributed by atoms with E-state index in [0.29, 0.717) is 16.5 Å². The first-order chi connectivity index (χ1) is 6.27. The molecular weight excluding hydrogens is 190 g/mol. The van der Waals surface area contributed by atoms with E-state index in [1.807, 2.05) is 0 Å². The van der Waals surface area contributed by atoms with Crippen LogP contribution in [0.15, 0.2) is 35.1 Å². The molecule has 0 spiro atoms. The van der Waals surface area contributed by atoms with E-state index in [2.05, 4.69) is 4.98 Å². The first-order valence-corrected chi connectivity index (χ1v) is 4.03. The van der Waals surface area contributed by atoms with Gasteiger partial charge in [0, 0.05) is 12.3 Å². The molecule has 0 aliphatic heterocycles. The quantitative estimate of drug-likeness (QED) is 0.761. The first-order valence-electron chi connectivity index (χ1n) is 3.66.